The normalized spacial score (nSPS) is 12.6. The minimum atomic E-state index is -4.35. The molecule has 0 atom stereocenters. The van der Waals surface area contributed by atoms with E-state index in [1.54, 1.807) is 6.07 Å². The van der Waals surface area contributed by atoms with Crippen LogP contribution < -0.4 is 5.56 Å². The molecule has 0 aromatic carbocycles. The van der Waals surface area contributed by atoms with Crippen LogP contribution in [0.1, 0.15) is 31.2 Å². The molecule has 7 heteroatoms. The van der Waals surface area contributed by atoms with E-state index in [0.29, 0.717) is 0 Å². The number of nitrogens with one attached hydrogen (secondary N) is 1. The number of alkyl halides is 3. The largest absolute Gasteiger partial charge is 0.396 e. The quantitative estimate of drug-likeness (QED) is 0.899. The van der Waals surface area contributed by atoms with Crippen LogP contribution in [0, 0.1) is 0 Å². The average molecular weight is 259 g/mol. The van der Waals surface area contributed by atoms with Crippen LogP contribution in [-0.2, 0) is 6.42 Å². The molecule has 4 nitrogen and oxygen atoms in total. The third-order valence-corrected chi connectivity index (χ3v) is 2.56. The molecule has 0 unspecified atom stereocenters. The number of nitrogens with zero attached hydrogens (tertiary/aromatic N) is 2. The molecule has 0 amide bonds. The molecule has 18 heavy (non-hydrogen) atoms. The number of H-pyrrole nitrogens is 1. The Balaban J connectivity index is 2.51. The average Bonchev–Trinajstić information content (AvgIpc) is 2.57. The summed E-state index contributed by atoms with van der Waals surface area (Å²) < 4.78 is 37.7. The van der Waals surface area contributed by atoms with Crippen molar-refractivity contribution in [2.24, 2.45) is 0 Å². The molecule has 98 valence electrons. The van der Waals surface area contributed by atoms with Gasteiger partial charge in [-0.3, -0.25) is 9.89 Å². The van der Waals surface area contributed by atoms with Gasteiger partial charge >= 0.3 is 6.18 Å². The molecule has 2 rings (SSSR count). The topological polar surface area (TPSA) is 50.2 Å². The highest BCUT2D eigenvalue weighted by Gasteiger charge is 2.29. The van der Waals surface area contributed by atoms with Crippen molar-refractivity contribution in [1.29, 1.82) is 0 Å². The number of rotatable bonds is 2. The zero-order chi connectivity index (χ0) is 13.5. The Kier molecular flexibility index (Phi) is 2.92. The maximum Gasteiger partial charge on any atom is 0.396 e. The first-order valence-electron chi connectivity index (χ1n) is 5.44. The van der Waals surface area contributed by atoms with Gasteiger partial charge in [0.05, 0.1) is 0 Å². The molecular formula is C11H12F3N3O. The Morgan fingerprint density at radius 3 is 2.61 bits per heavy atom. The van der Waals surface area contributed by atoms with E-state index in [4.69, 9.17) is 0 Å². The van der Waals surface area contributed by atoms with Gasteiger partial charge in [0.25, 0.3) is 5.56 Å². The standard InChI is InChI=1S/C11H12F3N3O/c1-6(2)7-3-9-15-8(5-11(12,13)14)16-17(9)10(18)4-7/h3-4,6H,5H2,1-2H3,(H,15,16). The van der Waals surface area contributed by atoms with E-state index >= 15 is 0 Å². The van der Waals surface area contributed by atoms with Crippen LogP contribution in [0.2, 0.25) is 0 Å². The SMILES string of the molecule is CC(C)c1cc(=O)n2[nH]c(CC(F)(F)F)nc2c1. The van der Waals surface area contributed by atoms with E-state index in [1.165, 1.54) is 6.07 Å². The van der Waals surface area contributed by atoms with Gasteiger partial charge in [-0.05, 0) is 17.5 Å². The summed E-state index contributed by atoms with van der Waals surface area (Å²) in [5.74, 6) is -0.147. The Morgan fingerprint density at radius 2 is 2.06 bits per heavy atom. The Morgan fingerprint density at radius 1 is 1.39 bits per heavy atom. The van der Waals surface area contributed by atoms with Crippen LogP contribution >= 0.6 is 0 Å². The molecule has 0 aliphatic rings. The van der Waals surface area contributed by atoms with Gasteiger partial charge in [-0.2, -0.15) is 13.2 Å². The van der Waals surface area contributed by atoms with Crippen LogP contribution in [-0.4, -0.2) is 20.8 Å². The van der Waals surface area contributed by atoms with E-state index in [0.717, 1.165) is 10.1 Å². The molecule has 1 N–H and O–H groups in total. The minimum Gasteiger partial charge on any atom is -0.276 e. The summed E-state index contributed by atoms with van der Waals surface area (Å²) in [6.07, 6.45) is -5.52. The molecular weight excluding hydrogens is 247 g/mol. The molecule has 0 saturated heterocycles. The lowest BCUT2D eigenvalue weighted by atomic mass is 10.1. The highest BCUT2D eigenvalue weighted by Crippen LogP contribution is 2.20. The summed E-state index contributed by atoms with van der Waals surface area (Å²) in [4.78, 5) is 15.5. The van der Waals surface area contributed by atoms with Crippen LogP contribution in [0.5, 0.6) is 0 Å². The fraction of sp³-hybridized carbons (Fsp3) is 0.455. The molecule has 2 aromatic rings. The van der Waals surface area contributed by atoms with Gasteiger partial charge in [-0.1, -0.05) is 13.8 Å². The number of pyridine rings is 1. The zero-order valence-electron chi connectivity index (χ0n) is 9.88. The maximum absolute atomic E-state index is 12.2. The molecule has 0 bridgehead atoms. The van der Waals surface area contributed by atoms with Crippen molar-refractivity contribution >= 4 is 5.65 Å². The number of aromatic nitrogens is 3. The molecule has 0 spiro atoms. The van der Waals surface area contributed by atoms with E-state index < -0.39 is 18.2 Å². The van der Waals surface area contributed by atoms with Gasteiger partial charge in [-0.25, -0.2) is 9.50 Å². The van der Waals surface area contributed by atoms with Gasteiger partial charge in [0.1, 0.15) is 12.2 Å². The van der Waals surface area contributed by atoms with Crippen LogP contribution in [0.25, 0.3) is 5.65 Å². The van der Waals surface area contributed by atoms with Gasteiger partial charge in [0.15, 0.2) is 5.65 Å². The minimum absolute atomic E-state index is 0.116. The lowest BCUT2D eigenvalue weighted by molar-refractivity contribution is -0.128. The van der Waals surface area contributed by atoms with Crippen LogP contribution in [0.3, 0.4) is 0 Å². The third-order valence-electron chi connectivity index (χ3n) is 2.56. The summed E-state index contributed by atoms with van der Waals surface area (Å²) in [7, 11) is 0. The van der Waals surface area contributed by atoms with E-state index in [-0.39, 0.29) is 17.4 Å². The van der Waals surface area contributed by atoms with Gasteiger partial charge in [0, 0.05) is 6.07 Å². The molecule has 0 radical (unpaired) electrons. The maximum atomic E-state index is 12.2. The number of halogens is 3. The van der Waals surface area contributed by atoms with Crippen molar-refractivity contribution in [2.75, 3.05) is 0 Å². The van der Waals surface area contributed by atoms with Crippen molar-refractivity contribution < 1.29 is 13.2 Å². The summed E-state index contributed by atoms with van der Waals surface area (Å²) in [5.41, 5.74) is 0.563. The van der Waals surface area contributed by atoms with Crippen LogP contribution in [0.4, 0.5) is 13.2 Å². The van der Waals surface area contributed by atoms with E-state index in [9.17, 15) is 18.0 Å². The summed E-state index contributed by atoms with van der Waals surface area (Å²) in [6, 6.07) is 3.01. The summed E-state index contributed by atoms with van der Waals surface area (Å²) in [5, 5.41) is 2.36. The molecule has 0 aliphatic heterocycles. The summed E-state index contributed by atoms with van der Waals surface area (Å²) >= 11 is 0. The van der Waals surface area contributed by atoms with Gasteiger partial charge < -0.3 is 0 Å². The van der Waals surface area contributed by atoms with E-state index in [1.807, 2.05) is 13.8 Å². The van der Waals surface area contributed by atoms with Crippen molar-refractivity contribution in [1.82, 2.24) is 14.6 Å². The third kappa shape index (κ3) is 2.55. The van der Waals surface area contributed by atoms with Crippen molar-refractivity contribution in [3.63, 3.8) is 0 Å². The molecule has 0 fully saturated rings. The smallest absolute Gasteiger partial charge is 0.276 e. The summed E-state index contributed by atoms with van der Waals surface area (Å²) in [6.45, 7) is 3.79. The van der Waals surface area contributed by atoms with Gasteiger partial charge in [0.2, 0.25) is 0 Å². The van der Waals surface area contributed by atoms with Crippen LogP contribution in [0.15, 0.2) is 16.9 Å². The Hall–Kier alpha value is -1.79. The zero-order valence-corrected chi connectivity index (χ0v) is 9.88. The fourth-order valence-electron chi connectivity index (χ4n) is 1.66. The van der Waals surface area contributed by atoms with Crippen molar-refractivity contribution in [2.45, 2.75) is 32.4 Å². The number of fused-ring (bicyclic) bond motifs is 1. The first kappa shape index (κ1) is 12.7. The lowest BCUT2D eigenvalue weighted by Crippen LogP contribution is -2.15. The number of hydrogen-bond acceptors (Lipinski definition) is 2. The first-order valence-corrected chi connectivity index (χ1v) is 5.44. The molecule has 0 aliphatic carbocycles. The predicted octanol–water partition coefficient (Wildman–Crippen LogP) is 2.25. The highest BCUT2D eigenvalue weighted by molar-refractivity contribution is 5.41. The number of hydrogen-bond donors (Lipinski definition) is 1. The number of aromatic amines is 1. The lowest BCUT2D eigenvalue weighted by Gasteiger charge is -2.03. The predicted molar refractivity (Wildman–Crippen MR) is 59.7 cm³/mol. The second-order valence-corrected chi connectivity index (χ2v) is 4.44. The van der Waals surface area contributed by atoms with E-state index in [2.05, 4.69) is 10.1 Å². The second kappa shape index (κ2) is 4.15. The van der Waals surface area contributed by atoms with Crippen molar-refractivity contribution in [3.05, 3.63) is 33.9 Å². The Labute approximate surface area is 100 Å². The monoisotopic (exact) mass is 259 g/mol. The molecule has 0 saturated carbocycles. The molecule has 2 aromatic heterocycles. The highest BCUT2D eigenvalue weighted by atomic mass is 19.4. The second-order valence-electron chi connectivity index (χ2n) is 4.44. The Bertz CT molecular complexity index is 624. The molecule has 2 heterocycles. The van der Waals surface area contributed by atoms with Crippen molar-refractivity contribution in [3.8, 4) is 0 Å². The first-order chi connectivity index (χ1) is 8.26. The fourth-order valence-corrected chi connectivity index (χ4v) is 1.66. The van der Waals surface area contributed by atoms with Gasteiger partial charge in [-0.15, -0.1) is 0 Å².